The van der Waals surface area contributed by atoms with Crippen molar-refractivity contribution in [3.05, 3.63) is 40.5 Å². The zero-order chi connectivity index (χ0) is 11.7. The number of benzene rings is 1. The summed E-state index contributed by atoms with van der Waals surface area (Å²) in [6.45, 7) is 0. The van der Waals surface area contributed by atoms with Crippen molar-refractivity contribution < 1.29 is 8.78 Å². The number of rotatable bonds is 1. The number of hydrogen-bond acceptors (Lipinski definition) is 3. The zero-order valence-corrected chi connectivity index (χ0v) is 9.50. The summed E-state index contributed by atoms with van der Waals surface area (Å²) in [5.74, 6) is -1.39. The van der Waals surface area contributed by atoms with Crippen molar-refractivity contribution in [2.45, 2.75) is 0 Å². The minimum atomic E-state index is -0.969. The van der Waals surface area contributed by atoms with E-state index in [0.717, 1.165) is 6.07 Å². The molecule has 0 amide bonds. The highest BCUT2D eigenvalue weighted by Crippen LogP contribution is 2.29. The van der Waals surface area contributed by atoms with E-state index in [1.54, 1.807) is 0 Å². The summed E-state index contributed by atoms with van der Waals surface area (Å²) in [5, 5.41) is 0. The molecule has 6 heteroatoms. The molecule has 0 bridgehead atoms. The molecule has 16 heavy (non-hydrogen) atoms. The van der Waals surface area contributed by atoms with E-state index in [-0.39, 0.29) is 16.1 Å². The summed E-state index contributed by atoms with van der Waals surface area (Å²) in [6, 6.07) is 3.91. The van der Waals surface area contributed by atoms with Gasteiger partial charge in [0.1, 0.15) is 5.82 Å². The molecule has 0 aliphatic rings. The molecule has 3 nitrogen and oxygen atoms in total. The molecule has 0 fully saturated rings. The number of aromatic nitrogens is 2. The lowest BCUT2D eigenvalue weighted by atomic mass is 10.2. The first kappa shape index (κ1) is 10.9. The van der Waals surface area contributed by atoms with Crippen molar-refractivity contribution in [3.63, 3.8) is 0 Å². The van der Waals surface area contributed by atoms with Crippen LogP contribution in [0, 0.1) is 11.6 Å². The van der Waals surface area contributed by atoms with Crippen LogP contribution < -0.4 is 5.73 Å². The largest absolute Gasteiger partial charge is 0.384 e. The van der Waals surface area contributed by atoms with Gasteiger partial charge in [-0.3, -0.25) is 0 Å². The lowest BCUT2D eigenvalue weighted by Crippen LogP contribution is -1.97. The summed E-state index contributed by atoms with van der Waals surface area (Å²) >= 11 is 2.96. The first-order valence-corrected chi connectivity index (χ1v) is 5.11. The summed E-state index contributed by atoms with van der Waals surface area (Å²) < 4.78 is 26.1. The Morgan fingerprint density at radius 1 is 1.19 bits per heavy atom. The maximum absolute atomic E-state index is 13.3. The second-order valence-electron chi connectivity index (χ2n) is 3.03. The number of hydrogen-bond donors (Lipinski definition) is 1. The molecule has 0 spiro atoms. The van der Waals surface area contributed by atoms with Gasteiger partial charge in [-0.2, -0.15) is 0 Å². The van der Waals surface area contributed by atoms with Gasteiger partial charge in [-0.1, -0.05) is 0 Å². The Bertz CT molecular complexity index is 546. The molecule has 82 valence electrons. The first-order valence-electron chi connectivity index (χ1n) is 4.32. The van der Waals surface area contributed by atoms with Crippen molar-refractivity contribution in [2.75, 3.05) is 5.73 Å². The quantitative estimate of drug-likeness (QED) is 0.820. The van der Waals surface area contributed by atoms with Gasteiger partial charge in [-0.15, -0.1) is 0 Å². The maximum Gasteiger partial charge on any atom is 0.173 e. The van der Waals surface area contributed by atoms with Crippen LogP contribution in [0.5, 0.6) is 0 Å². The van der Waals surface area contributed by atoms with Crippen molar-refractivity contribution in [3.8, 4) is 11.4 Å². The van der Waals surface area contributed by atoms with Crippen molar-refractivity contribution in [1.82, 2.24) is 9.97 Å². The normalized spacial score (nSPS) is 10.4. The number of nitrogens with zero attached hydrogens (tertiary/aromatic N) is 2. The van der Waals surface area contributed by atoms with Crippen LogP contribution in [0.2, 0.25) is 0 Å². The minimum Gasteiger partial charge on any atom is -0.384 e. The monoisotopic (exact) mass is 285 g/mol. The molecular weight excluding hydrogens is 280 g/mol. The fourth-order valence-electron chi connectivity index (χ4n) is 1.20. The van der Waals surface area contributed by atoms with Gasteiger partial charge >= 0.3 is 0 Å². The third-order valence-corrected chi connectivity index (χ3v) is 2.73. The van der Waals surface area contributed by atoms with Crippen LogP contribution in [0.3, 0.4) is 0 Å². The van der Waals surface area contributed by atoms with Gasteiger partial charge in [-0.05, 0) is 34.1 Å². The van der Waals surface area contributed by atoms with Gasteiger partial charge in [0.25, 0.3) is 0 Å². The van der Waals surface area contributed by atoms with E-state index in [4.69, 9.17) is 5.73 Å². The van der Waals surface area contributed by atoms with Crippen LogP contribution in [-0.2, 0) is 0 Å². The standard InChI is InChI=1S/C10H6BrF2N3/c11-8-5(1-2-6(12)9(8)13)10-15-4-3-7(14)16-10/h1-4H,(H2,14,15,16). The molecule has 1 aromatic carbocycles. The highest BCUT2D eigenvalue weighted by atomic mass is 79.9. The Kier molecular flexibility index (Phi) is 2.82. The fraction of sp³-hybridized carbons (Fsp3) is 0. The fourth-order valence-corrected chi connectivity index (χ4v) is 1.70. The summed E-state index contributed by atoms with van der Waals surface area (Å²) in [6.07, 6.45) is 1.45. The number of nitrogen functional groups attached to an aromatic ring is 1. The molecule has 0 saturated heterocycles. The van der Waals surface area contributed by atoms with Crippen LogP contribution in [0.25, 0.3) is 11.4 Å². The van der Waals surface area contributed by atoms with Gasteiger partial charge < -0.3 is 5.73 Å². The molecule has 0 atom stereocenters. The van der Waals surface area contributed by atoms with Crippen LogP contribution in [-0.4, -0.2) is 9.97 Å². The molecular formula is C10H6BrF2N3. The predicted molar refractivity (Wildman–Crippen MR) is 59.5 cm³/mol. The molecule has 2 aromatic rings. The topological polar surface area (TPSA) is 51.8 Å². The smallest absolute Gasteiger partial charge is 0.173 e. The summed E-state index contributed by atoms with van der Waals surface area (Å²) in [5.41, 5.74) is 5.83. The van der Waals surface area contributed by atoms with Crippen LogP contribution >= 0.6 is 15.9 Å². The molecule has 2 N–H and O–H groups in total. The van der Waals surface area contributed by atoms with E-state index < -0.39 is 11.6 Å². The molecule has 0 aliphatic carbocycles. The average Bonchev–Trinajstić information content (AvgIpc) is 2.26. The van der Waals surface area contributed by atoms with E-state index in [2.05, 4.69) is 25.9 Å². The molecule has 0 aliphatic heterocycles. The second-order valence-corrected chi connectivity index (χ2v) is 3.82. The van der Waals surface area contributed by atoms with Crippen molar-refractivity contribution in [2.24, 2.45) is 0 Å². The molecule has 0 unspecified atom stereocenters. The molecule has 0 saturated carbocycles. The third kappa shape index (κ3) is 1.88. The summed E-state index contributed by atoms with van der Waals surface area (Å²) in [7, 11) is 0. The Hall–Kier alpha value is -1.56. The lowest BCUT2D eigenvalue weighted by molar-refractivity contribution is 0.504. The van der Waals surface area contributed by atoms with E-state index in [1.165, 1.54) is 18.3 Å². The molecule has 0 radical (unpaired) electrons. The van der Waals surface area contributed by atoms with Crippen LogP contribution in [0.1, 0.15) is 0 Å². The zero-order valence-electron chi connectivity index (χ0n) is 7.92. The number of nitrogens with two attached hydrogens (primary N) is 1. The molecule has 2 rings (SSSR count). The minimum absolute atomic E-state index is 0.0156. The van der Waals surface area contributed by atoms with Gasteiger partial charge in [0.05, 0.1) is 4.47 Å². The molecule has 1 aromatic heterocycles. The highest BCUT2D eigenvalue weighted by molar-refractivity contribution is 9.10. The van der Waals surface area contributed by atoms with Crippen molar-refractivity contribution >= 4 is 21.7 Å². The Morgan fingerprint density at radius 3 is 2.62 bits per heavy atom. The van der Waals surface area contributed by atoms with E-state index in [9.17, 15) is 8.78 Å². The van der Waals surface area contributed by atoms with Crippen molar-refractivity contribution in [1.29, 1.82) is 0 Å². The van der Waals surface area contributed by atoms with E-state index >= 15 is 0 Å². The Labute approximate surface area is 98.5 Å². The first-order chi connectivity index (χ1) is 7.59. The maximum atomic E-state index is 13.3. The second kappa shape index (κ2) is 4.13. The Morgan fingerprint density at radius 2 is 1.94 bits per heavy atom. The van der Waals surface area contributed by atoms with Gasteiger partial charge in [-0.25, -0.2) is 18.7 Å². The van der Waals surface area contributed by atoms with Gasteiger partial charge in [0.2, 0.25) is 0 Å². The van der Waals surface area contributed by atoms with Gasteiger partial charge in [0.15, 0.2) is 17.5 Å². The predicted octanol–water partition coefficient (Wildman–Crippen LogP) is 2.77. The SMILES string of the molecule is Nc1ccnc(-c2ccc(F)c(F)c2Br)n1. The van der Waals surface area contributed by atoms with Gasteiger partial charge in [0, 0.05) is 11.8 Å². The summed E-state index contributed by atoms with van der Waals surface area (Å²) in [4.78, 5) is 7.85. The van der Waals surface area contributed by atoms with E-state index in [1.807, 2.05) is 0 Å². The van der Waals surface area contributed by atoms with E-state index in [0.29, 0.717) is 5.56 Å². The number of halogens is 3. The van der Waals surface area contributed by atoms with Crippen LogP contribution in [0.15, 0.2) is 28.9 Å². The lowest BCUT2D eigenvalue weighted by Gasteiger charge is -2.04. The third-order valence-electron chi connectivity index (χ3n) is 1.95. The highest BCUT2D eigenvalue weighted by Gasteiger charge is 2.14. The average molecular weight is 286 g/mol. The number of anilines is 1. The van der Waals surface area contributed by atoms with Crippen LogP contribution in [0.4, 0.5) is 14.6 Å². The molecule has 1 heterocycles. The Balaban J connectivity index is 2.61.